The molecule has 1 fully saturated rings. The number of ether oxygens (including phenoxy) is 1. The van der Waals surface area contributed by atoms with Crippen LogP contribution in [0.4, 0.5) is 0 Å². The second-order valence-corrected chi connectivity index (χ2v) is 3.67. The van der Waals surface area contributed by atoms with Crippen LogP contribution in [0.25, 0.3) is 0 Å². The van der Waals surface area contributed by atoms with E-state index in [1.807, 2.05) is 0 Å². The van der Waals surface area contributed by atoms with Crippen LogP contribution in [-0.2, 0) is 4.74 Å². The summed E-state index contributed by atoms with van der Waals surface area (Å²) in [5, 5.41) is 10.0. The second kappa shape index (κ2) is 4.06. The maximum Gasteiger partial charge on any atom is 0.0706 e. The first kappa shape index (κ1) is 9.75. The van der Waals surface area contributed by atoms with Gasteiger partial charge in [-0.3, -0.25) is 0 Å². The molecular formula is C10H18O2. The standard InChI is InChI=1S/C10H18O2/c1-3-6-10(11)7-4-5-9(8-10)12-2/h3,9,11H,1,4-8H2,2H3. The third-order valence-corrected chi connectivity index (χ3v) is 2.63. The smallest absolute Gasteiger partial charge is 0.0706 e. The highest BCUT2D eigenvalue weighted by Crippen LogP contribution is 2.32. The highest BCUT2D eigenvalue weighted by Gasteiger charge is 2.32. The lowest BCUT2D eigenvalue weighted by Gasteiger charge is -2.35. The fraction of sp³-hybridized carbons (Fsp3) is 0.800. The predicted molar refractivity (Wildman–Crippen MR) is 49.0 cm³/mol. The van der Waals surface area contributed by atoms with Gasteiger partial charge in [0.05, 0.1) is 11.7 Å². The van der Waals surface area contributed by atoms with Crippen molar-refractivity contribution in [1.82, 2.24) is 0 Å². The molecule has 0 aromatic carbocycles. The highest BCUT2D eigenvalue weighted by atomic mass is 16.5. The van der Waals surface area contributed by atoms with E-state index >= 15 is 0 Å². The van der Waals surface area contributed by atoms with Crippen LogP contribution in [0, 0.1) is 0 Å². The number of aliphatic hydroxyl groups is 1. The lowest BCUT2D eigenvalue weighted by Crippen LogP contribution is -2.37. The molecule has 0 aromatic rings. The maximum absolute atomic E-state index is 10.0. The van der Waals surface area contributed by atoms with Crippen LogP contribution in [0.5, 0.6) is 0 Å². The van der Waals surface area contributed by atoms with Crippen LogP contribution in [-0.4, -0.2) is 23.9 Å². The zero-order chi connectivity index (χ0) is 9.03. The fourth-order valence-corrected chi connectivity index (χ4v) is 1.94. The summed E-state index contributed by atoms with van der Waals surface area (Å²) in [6.45, 7) is 3.65. The molecule has 0 aromatic heterocycles. The van der Waals surface area contributed by atoms with Gasteiger partial charge in [-0.25, -0.2) is 0 Å². The topological polar surface area (TPSA) is 29.5 Å². The van der Waals surface area contributed by atoms with Gasteiger partial charge in [0, 0.05) is 13.5 Å². The molecular weight excluding hydrogens is 152 g/mol. The molecule has 0 saturated heterocycles. The Morgan fingerprint density at radius 3 is 3.08 bits per heavy atom. The number of rotatable bonds is 3. The Hall–Kier alpha value is -0.340. The zero-order valence-corrected chi connectivity index (χ0v) is 7.75. The summed E-state index contributed by atoms with van der Waals surface area (Å²) >= 11 is 0. The molecule has 0 bridgehead atoms. The van der Waals surface area contributed by atoms with Crippen molar-refractivity contribution >= 4 is 0 Å². The van der Waals surface area contributed by atoms with Crippen molar-refractivity contribution in [2.24, 2.45) is 0 Å². The van der Waals surface area contributed by atoms with Gasteiger partial charge in [-0.15, -0.1) is 6.58 Å². The normalized spacial score (nSPS) is 36.3. The van der Waals surface area contributed by atoms with Gasteiger partial charge in [0.1, 0.15) is 0 Å². The van der Waals surface area contributed by atoms with E-state index < -0.39 is 5.60 Å². The van der Waals surface area contributed by atoms with Crippen molar-refractivity contribution in [3.05, 3.63) is 12.7 Å². The quantitative estimate of drug-likeness (QED) is 0.655. The van der Waals surface area contributed by atoms with E-state index in [1.54, 1.807) is 13.2 Å². The van der Waals surface area contributed by atoms with Crippen molar-refractivity contribution in [3.63, 3.8) is 0 Å². The molecule has 1 N–H and O–H groups in total. The molecule has 1 rings (SSSR count). The molecule has 2 unspecified atom stereocenters. The third kappa shape index (κ3) is 2.32. The van der Waals surface area contributed by atoms with E-state index in [9.17, 15) is 5.11 Å². The first-order valence-corrected chi connectivity index (χ1v) is 4.56. The highest BCUT2D eigenvalue weighted by molar-refractivity contribution is 4.91. The largest absolute Gasteiger partial charge is 0.389 e. The van der Waals surface area contributed by atoms with Crippen LogP contribution < -0.4 is 0 Å². The third-order valence-electron chi connectivity index (χ3n) is 2.63. The van der Waals surface area contributed by atoms with Gasteiger partial charge < -0.3 is 9.84 Å². The van der Waals surface area contributed by atoms with Crippen molar-refractivity contribution in [2.75, 3.05) is 7.11 Å². The van der Waals surface area contributed by atoms with Crippen molar-refractivity contribution in [2.45, 2.75) is 43.8 Å². The molecule has 12 heavy (non-hydrogen) atoms. The average molecular weight is 170 g/mol. The van der Waals surface area contributed by atoms with E-state index in [4.69, 9.17) is 4.74 Å². The molecule has 70 valence electrons. The van der Waals surface area contributed by atoms with Crippen LogP contribution in [0.1, 0.15) is 32.1 Å². The van der Waals surface area contributed by atoms with E-state index in [0.717, 1.165) is 25.7 Å². The molecule has 1 aliphatic rings. The van der Waals surface area contributed by atoms with Crippen molar-refractivity contribution < 1.29 is 9.84 Å². The molecule has 1 saturated carbocycles. The van der Waals surface area contributed by atoms with Gasteiger partial charge >= 0.3 is 0 Å². The summed E-state index contributed by atoms with van der Waals surface area (Å²) in [5.41, 5.74) is -0.541. The Morgan fingerprint density at radius 1 is 1.75 bits per heavy atom. The first-order valence-electron chi connectivity index (χ1n) is 4.56. The van der Waals surface area contributed by atoms with Crippen molar-refractivity contribution in [1.29, 1.82) is 0 Å². The molecule has 0 spiro atoms. The Bertz CT molecular complexity index is 156. The first-order chi connectivity index (χ1) is 5.70. The van der Waals surface area contributed by atoms with Gasteiger partial charge in [-0.2, -0.15) is 0 Å². The minimum absolute atomic E-state index is 0.240. The molecule has 0 amide bonds. The summed E-state index contributed by atoms with van der Waals surface area (Å²) in [6.07, 6.45) is 6.50. The van der Waals surface area contributed by atoms with Gasteiger partial charge in [-0.05, 0) is 25.7 Å². The summed E-state index contributed by atoms with van der Waals surface area (Å²) in [6, 6.07) is 0. The predicted octanol–water partition coefficient (Wildman–Crippen LogP) is 1.88. The van der Waals surface area contributed by atoms with Crippen molar-refractivity contribution in [3.8, 4) is 0 Å². The molecule has 0 radical (unpaired) electrons. The molecule has 0 heterocycles. The average Bonchev–Trinajstić information content (AvgIpc) is 2.04. The summed E-state index contributed by atoms with van der Waals surface area (Å²) in [7, 11) is 1.71. The summed E-state index contributed by atoms with van der Waals surface area (Å²) in [5.74, 6) is 0. The van der Waals surface area contributed by atoms with Crippen LogP contribution in [0.3, 0.4) is 0 Å². The van der Waals surface area contributed by atoms with Crippen LogP contribution in [0.15, 0.2) is 12.7 Å². The Kier molecular flexibility index (Phi) is 3.29. The van der Waals surface area contributed by atoms with Gasteiger partial charge in [0.15, 0.2) is 0 Å². The van der Waals surface area contributed by atoms with E-state index in [1.165, 1.54) is 0 Å². The number of hydrogen-bond donors (Lipinski definition) is 1. The van der Waals surface area contributed by atoms with Crippen LogP contribution >= 0.6 is 0 Å². The summed E-state index contributed by atoms with van der Waals surface area (Å²) in [4.78, 5) is 0. The minimum Gasteiger partial charge on any atom is -0.389 e. The maximum atomic E-state index is 10.0. The lowest BCUT2D eigenvalue weighted by molar-refractivity contribution is -0.0565. The monoisotopic (exact) mass is 170 g/mol. The molecule has 1 aliphatic carbocycles. The number of methoxy groups -OCH3 is 1. The fourth-order valence-electron chi connectivity index (χ4n) is 1.94. The van der Waals surface area contributed by atoms with E-state index in [0.29, 0.717) is 6.42 Å². The lowest BCUT2D eigenvalue weighted by atomic mass is 9.81. The zero-order valence-electron chi connectivity index (χ0n) is 7.75. The molecule has 0 aliphatic heterocycles. The van der Waals surface area contributed by atoms with E-state index in [-0.39, 0.29) is 6.10 Å². The van der Waals surface area contributed by atoms with Crippen LogP contribution in [0.2, 0.25) is 0 Å². The Labute approximate surface area is 74.2 Å². The minimum atomic E-state index is -0.541. The number of hydrogen-bond acceptors (Lipinski definition) is 2. The van der Waals surface area contributed by atoms with Gasteiger partial charge in [-0.1, -0.05) is 6.08 Å². The molecule has 2 heteroatoms. The van der Waals surface area contributed by atoms with Gasteiger partial charge in [0.25, 0.3) is 0 Å². The second-order valence-electron chi connectivity index (χ2n) is 3.67. The molecule has 2 atom stereocenters. The van der Waals surface area contributed by atoms with E-state index in [2.05, 4.69) is 6.58 Å². The SMILES string of the molecule is C=CCC1(O)CCCC(OC)C1. The Balaban J connectivity index is 2.48. The molecule has 2 nitrogen and oxygen atoms in total. The Morgan fingerprint density at radius 2 is 2.50 bits per heavy atom. The summed E-state index contributed by atoms with van der Waals surface area (Å²) < 4.78 is 5.24. The van der Waals surface area contributed by atoms with Gasteiger partial charge in [0.2, 0.25) is 0 Å².